The van der Waals surface area contributed by atoms with Gasteiger partial charge in [0.05, 0.1) is 4.88 Å². The van der Waals surface area contributed by atoms with Crippen LogP contribution in [0.3, 0.4) is 0 Å². The Bertz CT molecular complexity index is 985. The van der Waals surface area contributed by atoms with E-state index in [2.05, 4.69) is 21.3 Å². The van der Waals surface area contributed by atoms with Gasteiger partial charge in [0.2, 0.25) is 0 Å². The summed E-state index contributed by atoms with van der Waals surface area (Å²) < 4.78 is 0. The maximum atomic E-state index is 12.4. The summed E-state index contributed by atoms with van der Waals surface area (Å²) in [4.78, 5) is 36.5. The van der Waals surface area contributed by atoms with E-state index in [0.29, 0.717) is 27.5 Å². The second-order valence-electron chi connectivity index (χ2n) is 5.75. The van der Waals surface area contributed by atoms with Gasteiger partial charge < -0.3 is 21.3 Å². The molecule has 0 aliphatic heterocycles. The SMILES string of the molecule is CNC(=O)Nc1cccc(NC(=O)c2ccc(NC(=O)c3cccs3)cc2)c1. The summed E-state index contributed by atoms with van der Waals surface area (Å²) in [5, 5.41) is 12.5. The van der Waals surface area contributed by atoms with Gasteiger partial charge in [-0.2, -0.15) is 0 Å². The van der Waals surface area contributed by atoms with Crippen molar-refractivity contribution in [3.8, 4) is 0 Å². The molecule has 8 heteroatoms. The molecule has 0 atom stereocenters. The van der Waals surface area contributed by atoms with Gasteiger partial charge >= 0.3 is 6.03 Å². The second kappa shape index (κ2) is 8.83. The highest BCUT2D eigenvalue weighted by atomic mass is 32.1. The third kappa shape index (κ3) is 4.95. The van der Waals surface area contributed by atoms with E-state index < -0.39 is 0 Å². The van der Waals surface area contributed by atoms with Gasteiger partial charge in [0, 0.05) is 29.7 Å². The fraction of sp³-hybridized carbons (Fsp3) is 0.0500. The average molecular weight is 394 g/mol. The molecule has 0 aliphatic rings. The molecule has 7 nitrogen and oxygen atoms in total. The smallest absolute Gasteiger partial charge is 0.318 e. The Labute approximate surface area is 165 Å². The summed E-state index contributed by atoms with van der Waals surface area (Å²) in [6, 6.07) is 16.6. The van der Waals surface area contributed by atoms with Crippen LogP contribution in [0.25, 0.3) is 0 Å². The Balaban J connectivity index is 1.62. The van der Waals surface area contributed by atoms with Crippen LogP contribution in [-0.4, -0.2) is 24.9 Å². The predicted octanol–water partition coefficient (Wildman–Crippen LogP) is 4.00. The van der Waals surface area contributed by atoms with Gasteiger partial charge in [-0.3, -0.25) is 9.59 Å². The van der Waals surface area contributed by atoms with Gasteiger partial charge in [-0.15, -0.1) is 11.3 Å². The summed E-state index contributed by atoms with van der Waals surface area (Å²) in [5.74, 6) is -0.485. The average Bonchev–Trinajstić information content (AvgIpc) is 3.23. The Kier molecular flexibility index (Phi) is 6.03. The molecule has 142 valence electrons. The third-order valence-corrected chi connectivity index (χ3v) is 4.62. The fourth-order valence-corrected chi connectivity index (χ4v) is 3.00. The van der Waals surface area contributed by atoms with E-state index >= 15 is 0 Å². The Morgan fingerprint density at radius 2 is 1.43 bits per heavy atom. The molecule has 0 aliphatic carbocycles. The molecule has 28 heavy (non-hydrogen) atoms. The van der Waals surface area contributed by atoms with Crippen LogP contribution in [0.1, 0.15) is 20.0 Å². The lowest BCUT2D eigenvalue weighted by Gasteiger charge is -2.09. The van der Waals surface area contributed by atoms with Crippen LogP contribution < -0.4 is 21.3 Å². The molecule has 1 aromatic heterocycles. The summed E-state index contributed by atoms with van der Waals surface area (Å²) in [6.45, 7) is 0. The zero-order valence-electron chi connectivity index (χ0n) is 15.0. The van der Waals surface area contributed by atoms with Gasteiger partial charge in [-0.25, -0.2) is 4.79 Å². The second-order valence-corrected chi connectivity index (χ2v) is 6.70. The Morgan fingerprint density at radius 3 is 2.07 bits per heavy atom. The van der Waals surface area contributed by atoms with Gasteiger partial charge in [0.25, 0.3) is 11.8 Å². The molecule has 4 amide bonds. The monoisotopic (exact) mass is 394 g/mol. The lowest BCUT2D eigenvalue weighted by Crippen LogP contribution is -2.24. The van der Waals surface area contributed by atoms with Crippen molar-refractivity contribution in [3.63, 3.8) is 0 Å². The molecule has 3 aromatic rings. The summed E-state index contributed by atoms with van der Waals surface area (Å²) in [6.07, 6.45) is 0. The molecule has 2 aromatic carbocycles. The van der Waals surface area contributed by atoms with E-state index in [9.17, 15) is 14.4 Å². The maximum Gasteiger partial charge on any atom is 0.318 e. The molecule has 3 rings (SSSR count). The summed E-state index contributed by atoms with van der Waals surface area (Å²) in [5.41, 5.74) is 2.16. The van der Waals surface area contributed by atoms with Crippen molar-refractivity contribution in [1.82, 2.24) is 5.32 Å². The van der Waals surface area contributed by atoms with Crippen molar-refractivity contribution in [2.75, 3.05) is 23.0 Å². The first-order valence-electron chi connectivity index (χ1n) is 8.40. The Morgan fingerprint density at radius 1 is 0.750 bits per heavy atom. The normalized spacial score (nSPS) is 10.0. The minimum atomic E-state index is -0.344. The molecule has 0 radical (unpaired) electrons. The van der Waals surface area contributed by atoms with Crippen molar-refractivity contribution < 1.29 is 14.4 Å². The maximum absolute atomic E-state index is 12.4. The summed E-state index contributed by atoms with van der Waals surface area (Å²) in [7, 11) is 1.52. The number of carbonyl (C=O) groups is 3. The number of hydrogen-bond acceptors (Lipinski definition) is 4. The topological polar surface area (TPSA) is 99.3 Å². The van der Waals surface area contributed by atoms with E-state index in [0.717, 1.165) is 0 Å². The highest BCUT2D eigenvalue weighted by Gasteiger charge is 2.09. The molecule has 4 N–H and O–H groups in total. The van der Waals surface area contributed by atoms with Crippen molar-refractivity contribution in [2.45, 2.75) is 0 Å². The van der Waals surface area contributed by atoms with Gasteiger partial charge in [0.1, 0.15) is 0 Å². The highest BCUT2D eigenvalue weighted by molar-refractivity contribution is 7.12. The predicted molar refractivity (Wildman–Crippen MR) is 111 cm³/mol. The van der Waals surface area contributed by atoms with Crippen LogP contribution in [0, 0.1) is 0 Å². The number of thiophene rings is 1. The molecule has 0 fully saturated rings. The molecule has 0 saturated heterocycles. The van der Waals surface area contributed by atoms with Crippen LogP contribution in [0.5, 0.6) is 0 Å². The number of urea groups is 1. The molecule has 1 heterocycles. The number of hydrogen-bond donors (Lipinski definition) is 4. The fourth-order valence-electron chi connectivity index (χ4n) is 2.38. The molecule has 0 saturated carbocycles. The first-order valence-corrected chi connectivity index (χ1v) is 9.28. The van der Waals surface area contributed by atoms with Crippen molar-refractivity contribution in [3.05, 3.63) is 76.5 Å². The number of nitrogens with one attached hydrogen (secondary N) is 4. The van der Waals surface area contributed by atoms with E-state index in [-0.39, 0.29) is 17.8 Å². The minimum Gasteiger partial charge on any atom is -0.341 e. The number of benzene rings is 2. The molecule has 0 bridgehead atoms. The van der Waals surface area contributed by atoms with Crippen molar-refractivity contribution >= 4 is 46.2 Å². The lowest BCUT2D eigenvalue weighted by molar-refractivity contribution is 0.102. The first kappa shape index (κ1) is 19.1. The number of amides is 4. The van der Waals surface area contributed by atoms with Crippen LogP contribution in [0.2, 0.25) is 0 Å². The van der Waals surface area contributed by atoms with Gasteiger partial charge in [0.15, 0.2) is 0 Å². The van der Waals surface area contributed by atoms with Crippen LogP contribution in [-0.2, 0) is 0 Å². The first-order chi connectivity index (χ1) is 13.5. The zero-order valence-corrected chi connectivity index (χ0v) is 15.8. The number of carbonyl (C=O) groups excluding carboxylic acids is 3. The summed E-state index contributed by atoms with van der Waals surface area (Å²) >= 11 is 1.36. The van der Waals surface area contributed by atoms with E-state index in [1.165, 1.54) is 18.4 Å². The highest BCUT2D eigenvalue weighted by Crippen LogP contribution is 2.18. The Hall–Kier alpha value is -3.65. The largest absolute Gasteiger partial charge is 0.341 e. The quantitative estimate of drug-likeness (QED) is 0.526. The molecular formula is C20H18N4O3S. The van der Waals surface area contributed by atoms with Gasteiger partial charge in [-0.1, -0.05) is 12.1 Å². The molecule has 0 unspecified atom stereocenters. The minimum absolute atomic E-state index is 0.187. The molecular weight excluding hydrogens is 376 g/mol. The van der Waals surface area contributed by atoms with E-state index in [1.54, 1.807) is 54.6 Å². The van der Waals surface area contributed by atoms with Crippen LogP contribution in [0.15, 0.2) is 66.0 Å². The van der Waals surface area contributed by atoms with Crippen LogP contribution >= 0.6 is 11.3 Å². The van der Waals surface area contributed by atoms with Gasteiger partial charge in [-0.05, 0) is 53.9 Å². The zero-order chi connectivity index (χ0) is 19.9. The van der Waals surface area contributed by atoms with E-state index in [1.807, 2.05) is 11.4 Å². The standard InChI is InChI=1S/C20H18N4O3S/c1-21-20(27)24-16-5-2-4-15(12-16)23-18(25)13-7-9-14(10-8-13)22-19(26)17-6-3-11-28-17/h2-12H,1H3,(H,22,26)(H,23,25)(H2,21,24,27). The number of rotatable bonds is 5. The molecule has 0 spiro atoms. The lowest BCUT2D eigenvalue weighted by atomic mass is 10.2. The van der Waals surface area contributed by atoms with Crippen molar-refractivity contribution in [2.24, 2.45) is 0 Å². The van der Waals surface area contributed by atoms with Crippen LogP contribution in [0.4, 0.5) is 21.9 Å². The number of anilines is 3. The third-order valence-electron chi connectivity index (χ3n) is 3.76. The van der Waals surface area contributed by atoms with E-state index in [4.69, 9.17) is 0 Å². The van der Waals surface area contributed by atoms with Crippen molar-refractivity contribution in [1.29, 1.82) is 0 Å².